The van der Waals surface area contributed by atoms with Gasteiger partial charge in [-0.15, -0.1) is 11.3 Å². The quantitative estimate of drug-likeness (QED) is 0.520. The van der Waals surface area contributed by atoms with Gasteiger partial charge in [-0.1, -0.05) is 18.2 Å². The highest BCUT2D eigenvalue weighted by molar-refractivity contribution is 7.09. The van der Waals surface area contributed by atoms with Crippen LogP contribution in [0.25, 0.3) is 22.9 Å². The van der Waals surface area contributed by atoms with E-state index in [1.807, 2.05) is 61.7 Å². The number of carbonyl (C=O) groups excluding carboxylic acids is 1. The van der Waals surface area contributed by atoms with E-state index in [1.165, 1.54) is 0 Å². The molecular weight excluding hydrogens is 374 g/mol. The third-order valence-electron chi connectivity index (χ3n) is 4.23. The Morgan fingerprint density at radius 3 is 2.64 bits per heavy atom. The van der Waals surface area contributed by atoms with E-state index in [2.05, 4.69) is 15.3 Å². The van der Waals surface area contributed by atoms with Gasteiger partial charge in [0.25, 0.3) is 0 Å². The minimum absolute atomic E-state index is 0.140. The standard InChI is InChI=1S/C21H19N3O3S/c1-13-17(24-21(26-13)15-6-4-3-5-7-15)10-20(25)22-11-16-8-9-19(27-16)18-12-28-14(2)23-18/h3-9,12H,10-11H2,1-2H3,(H,22,25). The molecule has 7 heteroatoms. The summed E-state index contributed by atoms with van der Waals surface area (Å²) < 4.78 is 11.5. The molecule has 0 atom stereocenters. The van der Waals surface area contributed by atoms with Crippen molar-refractivity contribution >= 4 is 17.2 Å². The first-order valence-corrected chi connectivity index (χ1v) is 9.76. The Morgan fingerprint density at radius 1 is 1.07 bits per heavy atom. The molecule has 0 saturated heterocycles. The van der Waals surface area contributed by atoms with Crippen LogP contribution in [0.4, 0.5) is 0 Å². The number of aromatic nitrogens is 2. The van der Waals surface area contributed by atoms with Crippen molar-refractivity contribution in [3.8, 4) is 22.9 Å². The lowest BCUT2D eigenvalue weighted by Gasteiger charge is -2.02. The Labute approximate surface area is 166 Å². The van der Waals surface area contributed by atoms with Gasteiger partial charge in [-0.05, 0) is 38.1 Å². The fraction of sp³-hybridized carbons (Fsp3) is 0.190. The summed E-state index contributed by atoms with van der Waals surface area (Å²) in [6.45, 7) is 4.08. The number of rotatable bonds is 6. The van der Waals surface area contributed by atoms with E-state index in [-0.39, 0.29) is 12.3 Å². The smallest absolute Gasteiger partial charge is 0.226 e. The molecule has 0 aliphatic carbocycles. The first kappa shape index (κ1) is 18.2. The molecule has 0 radical (unpaired) electrons. The van der Waals surface area contributed by atoms with Crippen molar-refractivity contribution in [1.29, 1.82) is 0 Å². The minimum atomic E-state index is -0.140. The van der Waals surface area contributed by atoms with Crippen LogP contribution in [0.2, 0.25) is 0 Å². The highest BCUT2D eigenvalue weighted by Crippen LogP contribution is 2.24. The zero-order chi connectivity index (χ0) is 19.5. The number of nitrogens with zero attached hydrogens (tertiary/aromatic N) is 2. The van der Waals surface area contributed by atoms with Crippen molar-refractivity contribution < 1.29 is 13.6 Å². The molecule has 4 rings (SSSR count). The number of nitrogens with one attached hydrogen (secondary N) is 1. The molecule has 0 aliphatic rings. The molecule has 0 fully saturated rings. The summed E-state index contributed by atoms with van der Waals surface area (Å²) in [6.07, 6.45) is 0.154. The van der Waals surface area contributed by atoms with Crippen molar-refractivity contribution in [3.05, 3.63) is 70.1 Å². The number of hydrogen-bond acceptors (Lipinski definition) is 6. The zero-order valence-electron chi connectivity index (χ0n) is 15.6. The SMILES string of the molecule is Cc1nc(-c2ccc(CNC(=O)Cc3nc(-c4ccccc4)oc3C)o2)cs1. The molecule has 3 aromatic heterocycles. The lowest BCUT2D eigenvalue weighted by molar-refractivity contribution is -0.120. The van der Waals surface area contributed by atoms with Crippen LogP contribution in [0, 0.1) is 13.8 Å². The van der Waals surface area contributed by atoms with Crippen LogP contribution in [0.3, 0.4) is 0 Å². The summed E-state index contributed by atoms with van der Waals surface area (Å²) in [7, 11) is 0. The number of thiazole rings is 1. The first-order valence-electron chi connectivity index (χ1n) is 8.88. The molecule has 3 heterocycles. The second-order valence-electron chi connectivity index (χ2n) is 6.36. The van der Waals surface area contributed by atoms with Crippen LogP contribution in [0.5, 0.6) is 0 Å². The third-order valence-corrected chi connectivity index (χ3v) is 5.01. The van der Waals surface area contributed by atoms with E-state index in [1.54, 1.807) is 11.3 Å². The number of benzene rings is 1. The maximum Gasteiger partial charge on any atom is 0.226 e. The largest absolute Gasteiger partial charge is 0.458 e. The van der Waals surface area contributed by atoms with Crippen molar-refractivity contribution in [2.45, 2.75) is 26.8 Å². The summed E-state index contributed by atoms with van der Waals surface area (Å²) in [5, 5.41) is 5.80. The summed E-state index contributed by atoms with van der Waals surface area (Å²) >= 11 is 1.57. The van der Waals surface area contributed by atoms with Crippen LogP contribution in [-0.2, 0) is 17.8 Å². The van der Waals surface area contributed by atoms with E-state index in [4.69, 9.17) is 8.83 Å². The van der Waals surface area contributed by atoms with E-state index < -0.39 is 0 Å². The van der Waals surface area contributed by atoms with Crippen molar-refractivity contribution in [2.24, 2.45) is 0 Å². The van der Waals surface area contributed by atoms with Crippen LogP contribution >= 0.6 is 11.3 Å². The van der Waals surface area contributed by atoms with Gasteiger partial charge in [0.1, 0.15) is 17.2 Å². The molecule has 1 aromatic carbocycles. The highest BCUT2D eigenvalue weighted by atomic mass is 32.1. The highest BCUT2D eigenvalue weighted by Gasteiger charge is 2.15. The molecule has 1 N–H and O–H groups in total. The van der Waals surface area contributed by atoms with Gasteiger partial charge in [0, 0.05) is 10.9 Å². The fourth-order valence-corrected chi connectivity index (χ4v) is 3.39. The Hall–Kier alpha value is -3.19. The molecule has 0 bridgehead atoms. The zero-order valence-corrected chi connectivity index (χ0v) is 16.4. The molecule has 0 aliphatic heterocycles. The van der Waals surface area contributed by atoms with Gasteiger partial charge in [0.05, 0.1) is 23.7 Å². The van der Waals surface area contributed by atoms with Gasteiger partial charge < -0.3 is 14.2 Å². The van der Waals surface area contributed by atoms with Gasteiger partial charge in [-0.2, -0.15) is 0 Å². The Balaban J connectivity index is 1.36. The van der Waals surface area contributed by atoms with Gasteiger partial charge in [0.15, 0.2) is 5.76 Å². The van der Waals surface area contributed by atoms with Gasteiger partial charge >= 0.3 is 0 Å². The number of oxazole rings is 1. The second-order valence-corrected chi connectivity index (χ2v) is 7.42. The Kier molecular flexibility index (Phi) is 5.08. The van der Waals surface area contributed by atoms with Crippen molar-refractivity contribution in [2.75, 3.05) is 0 Å². The molecule has 1 amide bonds. The molecule has 0 unspecified atom stereocenters. The minimum Gasteiger partial charge on any atom is -0.458 e. The van der Waals surface area contributed by atoms with E-state index >= 15 is 0 Å². The molecule has 4 aromatic rings. The van der Waals surface area contributed by atoms with E-state index in [9.17, 15) is 4.79 Å². The Bertz CT molecular complexity index is 1100. The molecular formula is C21H19N3O3S. The van der Waals surface area contributed by atoms with Crippen LogP contribution in [0.1, 0.15) is 22.2 Å². The van der Waals surface area contributed by atoms with Gasteiger partial charge in [-0.25, -0.2) is 9.97 Å². The maximum atomic E-state index is 12.3. The fourth-order valence-electron chi connectivity index (χ4n) is 2.78. The number of carbonyl (C=O) groups is 1. The maximum absolute atomic E-state index is 12.3. The number of furan rings is 1. The van der Waals surface area contributed by atoms with E-state index in [0.717, 1.165) is 16.3 Å². The van der Waals surface area contributed by atoms with Crippen molar-refractivity contribution in [3.63, 3.8) is 0 Å². The molecule has 0 saturated carbocycles. The number of hydrogen-bond donors (Lipinski definition) is 1. The topological polar surface area (TPSA) is 81.2 Å². The molecule has 0 spiro atoms. The predicted octanol–water partition coefficient (Wildman–Crippen LogP) is 4.53. The summed E-state index contributed by atoms with van der Waals surface area (Å²) in [5.74, 6) is 2.41. The Morgan fingerprint density at radius 2 is 1.89 bits per heavy atom. The molecule has 28 heavy (non-hydrogen) atoms. The average molecular weight is 393 g/mol. The van der Waals surface area contributed by atoms with Gasteiger partial charge in [-0.3, -0.25) is 4.79 Å². The van der Waals surface area contributed by atoms with Gasteiger partial charge in [0.2, 0.25) is 11.8 Å². The predicted molar refractivity (Wildman–Crippen MR) is 107 cm³/mol. The third kappa shape index (κ3) is 4.04. The summed E-state index contributed by atoms with van der Waals surface area (Å²) in [4.78, 5) is 21.2. The second kappa shape index (κ2) is 7.82. The normalized spacial score (nSPS) is 10.9. The average Bonchev–Trinajstić information content (AvgIpc) is 3.42. The number of aryl methyl sites for hydroxylation is 2. The van der Waals surface area contributed by atoms with Crippen molar-refractivity contribution in [1.82, 2.24) is 15.3 Å². The number of amides is 1. The summed E-state index contributed by atoms with van der Waals surface area (Å²) in [6, 6.07) is 13.3. The monoisotopic (exact) mass is 393 g/mol. The van der Waals surface area contributed by atoms with Crippen LogP contribution in [0.15, 0.2) is 56.7 Å². The molecule has 142 valence electrons. The van der Waals surface area contributed by atoms with Crippen LogP contribution in [-0.4, -0.2) is 15.9 Å². The lowest BCUT2D eigenvalue weighted by Crippen LogP contribution is -2.24. The first-order chi connectivity index (χ1) is 13.6. The molecule has 6 nitrogen and oxygen atoms in total. The lowest BCUT2D eigenvalue weighted by atomic mass is 10.2. The van der Waals surface area contributed by atoms with E-state index in [0.29, 0.717) is 35.4 Å². The van der Waals surface area contributed by atoms with Crippen LogP contribution < -0.4 is 5.32 Å². The summed E-state index contributed by atoms with van der Waals surface area (Å²) in [5.41, 5.74) is 2.33.